The predicted octanol–water partition coefficient (Wildman–Crippen LogP) is 2.03. The minimum Gasteiger partial charge on any atom is -0.496 e. The van der Waals surface area contributed by atoms with Crippen molar-refractivity contribution in [1.82, 2.24) is 20.0 Å². The summed E-state index contributed by atoms with van der Waals surface area (Å²) >= 11 is 0. The summed E-state index contributed by atoms with van der Waals surface area (Å²) in [6, 6.07) is 6.45. The summed E-state index contributed by atoms with van der Waals surface area (Å²) in [7, 11) is 1.74. The number of aryl methyl sites for hydroxylation is 1. The molecule has 2 aromatic rings. The number of nitrogens with one attached hydrogen (secondary N) is 1. The lowest BCUT2D eigenvalue weighted by atomic mass is 10.1. The number of benzene rings is 1. The molecule has 1 aliphatic heterocycles. The van der Waals surface area contributed by atoms with Crippen LogP contribution in [0.15, 0.2) is 30.6 Å². The average Bonchev–Trinajstić information content (AvgIpc) is 3.11. The third-order valence-electron chi connectivity index (χ3n) is 4.51. The zero-order valence-electron chi connectivity index (χ0n) is 15.2. The normalized spacial score (nSPS) is 15.4. The van der Waals surface area contributed by atoms with Crippen molar-refractivity contribution in [2.45, 2.75) is 33.1 Å². The molecule has 0 saturated carbocycles. The standard InChI is InChI=1S/C19H28N4O2/c1-3-23-14-17(13-21-23)12-20-11-16-4-5-19(24-2)18(10-16)15-22-6-8-25-9-7-22/h4-5,10,13-14,20H,3,6-9,11-12,15H2,1-2H3. The Bertz CT molecular complexity index is 665. The number of aromatic nitrogens is 2. The Balaban J connectivity index is 1.58. The Kier molecular flexibility index (Phi) is 6.44. The Labute approximate surface area is 149 Å². The van der Waals surface area contributed by atoms with E-state index in [0.29, 0.717) is 0 Å². The first-order valence-corrected chi connectivity index (χ1v) is 8.96. The Morgan fingerprint density at radius 1 is 1.20 bits per heavy atom. The molecule has 1 fully saturated rings. The van der Waals surface area contributed by atoms with Crippen LogP contribution in [0.4, 0.5) is 0 Å². The van der Waals surface area contributed by atoms with Crippen LogP contribution in [-0.2, 0) is 30.9 Å². The number of hydrogen-bond acceptors (Lipinski definition) is 5. The fourth-order valence-corrected chi connectivity index (χ4v) is 3.09. The molecule has 0 aliphatic carbocycles. The monoisotopic (exact) mass is 344 g/mol. The highest BCUT2D eigenvalue weighted by molar-refractivity contribution is 5.37. The molecule has 1 aromatic carbocycles. The van der Waals surface area contributed by atoms with Gasteiger partial charge in [0.1, 0.15) is 5.75 Å². The molecule has 1 saturated heterocycles. The summed E-state index contributed by atoms with van der Waals surface area (Å²) in [5.41, 5.74) is 3.72. The lowest BCUT2D eigenvalue weighted by Crippen LogP contribution is -2.35. The van der Waals surface area contributed by atoms with Crippen molar-refractivity contribution in [2.24, 2.45) is 0 Å². The fraction of sp³-hybridized carbons (Fsp3) is 0.526. The van der Waals surface area contributed by atoms with E-state index in [9.17, 15) is 0 Å². The minimum atomic E-state index is 0.814. The predicted molar refractivity (Wildman–Crippen MR) is 97.5 cm³/mol. The number of hydrogen-bond donors (Lipinski definition) is 1. The average molecular weight is 344 g/mol. The van der Waals surface area contributed by atoms with Gasteiger partial charge in [0, 0.05) is 56.6 Å². The van der Waals surface area contributed by atoms with Gasteiger partial charge in [0.2, 0.25) is 0 Å². The van der Waals surface area contributed by atoms with Gasteiger partial charge in [-0.15, -0.1) is 0 Å². The van der Waals surface area contributed by atoms with Gasteiger partial charge in [-0.25, -0.2) is 0 Å². The van der Waals surface area contributed by atoms with Crippen LogP contribution in [0, 0.1) is 0 Å². The van der Waals surface area contributed by atoms with Crippen molar-refractivity contribution in [3.05, 3.63) is 47.3 Å². The molecule has 0 atom stereocenters. The first-order valence-electron chi connectivity index (χ1n) is 8.96. The van der Waals surface area contributed by atoms with Crippen LogP contribution in [0.3, 0.4) is 0 Å². The molecule has 0 unspecified atom stereocenters. The van der Waals surface area contributed by atoms with Gasteiger partial charge in [-0.05, 0) is 24.6 Å². The molecule has 6 heteroatoms. The Hall–Kier alpha value is -1.89. The third kappa shape index (κ3) is 5.04. The molecule has 2 heterocycles. The summed E-state index contributed by atoms with van der Waals surface area (Å²) in [5, 5.41) is 7.80. The van der Waals surface area contributed by atoms with Crippen LogP contribution in [0.2, 0.25) is 0 Å². The molecule has 1 N–H and O–H groups in total. The van der Waals surface area contributed by atoms with E-state index < -0.39 is 0 Å². The van der Waals surface area contributed by atoms with Crippen molar-refractivity contribution in [3.63, 3.8) is 0 Å². The molecule has 0 bridgehead atoms. The molecule has 3 rings (SSSR count). The summed E-state index contributed by atoms with van der Waals surface area (Å²) in [5.74, 6) is 0.958. The maximum Gasteiger partial charge on any atom is 0.123 e. The van der Waals surface area contributed by atoms with Crippen LogP contribution < -0.4 is 10.1 Å². The van der Waals surface area contributed by atoms with Gasteiger partial charge in [0.15, 0.2) is 0 Å². The highest BCUT2D eigenvalue weighted by Gasteiger charge is 2.13. The van der Waals surface area contributed by atoms with Gasteiger partial charge >= 0.3 is 0 Å². The molecule has 136 valence electrons. The molecule has 0 radical (unpaired) electrons. The van der Waals surface area contributed by atoms with Crippen molar-refractivity contribution in [3.8, 4) is 5.75 Å². The third-order valence-corrected chi connectivity index (χ3v) is 4.51. The quantitative estimate of drug-likeness (QED) is 0.794. The molecular weight excluding hydrogens is 316 g/mol. The molecule has 25 heavy (non-hydrogen) atoms. The smallest absolute Gasteiger partial charge is 0.123 e. The van der Waals surface area contributed by atoms with E-state index in [-0.39, 0.29) is 0 Å². The minimum absolute atomic E-state index is 0.814. The second kappa shape index (κ2) is 8.99. The second-order valence-electron chi connectivity index (χ2n) is 6.34. The van der Waals surface area contributed by atoms with E-state index in [1.54, 1.807) is 7.11 Å². The highest BCUT2D eigenvalue weighted by Crippen LogP contribution is 2.22. The van der Waals surface area contributed by atoms with Crippen molar-refractivity contribution in [2.75, 3.05) is 33.4 Å². The van der Waals surface area contributed by atoms with Crippen molar-refractivity contribution >= 4 is 0 Å². The van der Waals surface area contributed by atoms with E-state index in [2.05, 4.69) is 46.6 Å². The number of methoxy groups -OCH3 is 1. The maximum absolute atomic E-state index is 5.54. The fourth-order valence-electron chi connectivity index (χ4n) is 3.09. The Morgan fingerprint density at radius 2 is 2.00 bits per heavy atom. The van der Waals surface area contributed by atoms with Crippen LogP contribution in [0.5, 0.6) is 5.75 Å². The maximum atomic E-state index is 5.54. The molecule has 0 spiro atoms. The first-order chi connectivity index (χ1) is 12.3. The van der Waals surface area contributed by atoms with E-state index in [1.165, 1.54) is 16.7 Å². The van der Waals surface area contributed by atoms with Gasteiger partial charge in [-0.3, -0.25) is 9.58 Å². The number of rotatable bonds is 8. The van der Waals surface area contributed by atoms with E-state index in [4.69, 9.17) is 9.47 Å². The van der Waals surface area contributed by atoms with Gasteiger partial charge in [0.25, 0.3) is 0 Å². The van der Waals surface area contributed by atoms with E-state index in [1.807, 2.05) is 10.9 Å². The van der Waals surface area contributed by atoms with Crippen molar-refractivity contribution in [1.29, 1.82) is 0 Å². The van der Waals surface area contributed by atoms with Crippen LogP contribution in [0.1, 0.15) is 23.6 Å². The molecule has 1 aliphatic rings. The lowest BCUT2D eigenvalue weighted by Gasteiger charge is -2.27. The van der Waals surface area contributed by atoms with Gasteiger partial charge in [0.05, 0.1) is 26.5 Å². The zero-order valence-corrected chi connectivity index (χ0v) is 15.2. The second-order valence-corrected chi connectivity index (χ2v) is 6.34. The van der Waals surface area contributed by atoms with Gasteiger partial charge in [-0.1, -0.05) is 6.07 Å². The SMILES string of the molecule is CCn1cc(CNCc2ccc(OC)c(CN3CCOCC3)c2)cn1. The molecule has 1 aromatic heterocycles. The van der Waals surface area contributed by atoms with Gasteiger partial charge < -0.3 is 14.8 Å². The summed E-state index contributed by atoms with van der Waals surface area (Å²) in [4.78, 5) is 2.41. The highest BCUT2D eigenvalue weighted by atomic mass is 16.5. The van der Waals surface area contributed by atoms with Crippen molar-refractivity contribution < 1.29 is 9.47 Å². The summed E-state index contributed by atoms with van der Waals surface area (Å²) in [6.07, 6.45) is 4.01. The van der Waals surface area contributed by atoms with E-state index in [0.717, 1.165) is 58.2 Å². The molecule has 0 amide bonds. The van der Waals surface area contributed by atoms with E-state index >= 15 is 0 Å². The topological polar surface area (TPSA) is 51.5 Å². The number of ether oxygens (including phenoxy) is 2. The lowest BCUT2D eigenvalue weighted by molar-refractivity contribution is 0.0339. The molecule has 6 nitrogen and oxygen atoms in total. The zero-order chi connectivity index (χ0) is 17.5. The number of nitrogens with zero attached hydrogens (tertiary/aromatic N) is 3. The first kappa shape index (κ1) is 17.9. The number of morpholine rings is 1. The van der Waals surface area contributed by atoms with Crippen LogP contribution in [0.25, 0.3) is 0 Å². The summed E-state index contributed by atoms with van der Waals surface area (Å²) in [6.45, 7) is 9.15. The Morgan fingerprint density at radius 3 is 2.72 bits per heavy atom. The molecular formula is C19H28N4O2. The largest absolute Gasteiger partial charge is 0.496 e. The van der Waals surface area contributed by atoms with Gasteiger partial charge in [-0.2, -0.15) is 5.10 Å². The summed E-state index contributed by atoms with van der Waals surface area (Å²) < 4.78 is 12.9. The van der Waals surface area contributed by atoms with Crippen LogP contribution >= 0.6 is 0 Å². The van der Waals surface area contributed by atoms with Crippen LogP contribution in [-0.4, -0.2) is 48.1 Å².